The lowest BCUT2D eigenvalue weighted by atomic mass is 10.2. The number of hydrogen-bond acceptors (Lipinski definition) is 4. The van der Waals surface area contributed by atoms with Gasteiger partial charge in [-0.15, -0.1) is 11.3 Å². The molecule has 0 amide bonds. The van der Waals surface area contributed by atoms with Gasteiger partial charge >= 0.3 is 0 Å². The van der Waals surface area contributed by atoms with Crippen LogP contribution in [0, 0.1) is 0 Å². The second-order valence-electron chi connectivity index (χ2n) is 4.04. The predicted octanol–water partition coefficient (Wildman–Crippen LogP) is 3.09. The van der Waals surface area contributed by atoms with Gasteiger partial charge in [0, 0.05) is 29.9 Å². The standard InChI is InChI=1S/C13H17N3S/c1-3-10(2)15-8-11-9-16-13(17-11)12-6-4-5-7-14-12/h4-7,9-10,15H,3,8H2,1-2H3. The number of nitrogens with zero attached hydrogens (tertiary/aromatic N) is 2. The van der Waals surface area contributed by atoms with Gasteiger partial charge in [0.25, 0.3) is 0 Å². The molecule has 1 unspecified atom stereocenters. The molecule has 1 N–H and O–H groups in total. The topological polar surface area (TPSA) is 37.8 Å². The van der Waals surface area contributed by atoms with Crippen molar-refractivity contribution in [3.05, 3.63) is 35.5 Å². The predicted molar refractivity (Wildman–Crippen MR) is 71.9 cm³/mol. The van der Waals surface area contributed by atoms with Gasteiger partial charge < -0.3 is 5.32 Å². The van der Waals surface area contributed by atoms with Crippen molar-refractivity contribution in [3.8, 4) is 10.7 Å². The van der Waals surface area contributed by atoms with Crippen LogP contribution in [0.1, 0.15) is 25.1 Å². The van der Waals surface area contributed by atoms with E-state index in [0.29, 0.717) is 6.04 Å². The van der Waals surface area contributed by atoms with Crippen LogP contribution in [0.15, 0.2) is 30.6 Å². The molecule has 90 valence electrons. The Morgan fingerprint density at radius 1 is 1.35 bits per heavy atom. The normalized spacial score (nSPS) is 12.6. The van der Waals surface area contributed by atoms with Gasteiger partial charge in [-0.2, -0.15) is 0 Å². The highest BCUT2D eigenvalue weighted by Gasteiger charge is 2.06. The van der Waals surface area contributed by atoms with Crippen LogP contribution < -0.4 is 5.32 Å². The lowest BCUT2D eigenvalue weighted by molar-refractivity contribution is 0.537. The van der Waals surface area contributed by atoms with E-state index in [1.807, 2.05) is 24.4 Å². The van der Waals surface area contributed by atoms with E-state index >= 15 is 0 Å². The van der Waals surface area contributed by atoms with E-state index in [0.717, 1.165) is 23.7 Å². The van der Waals surface area contributed by atoms with Crippen LogP contribution in [0.5, 0.6) is 0 Å². The minimum Gasteiger partial charge on any atom is -0.309 e. The third-order valence-electron chi connectivity index (χ3n) is 2.67. The van der Waals surface area contributed by atoms with E-state index in [-0.39, 0.29) is 0 Å². The molecule has 0 aliphatic carbocycles. The Kier molecular flexibility index (Phi) is 4.23. The van der Waals surface area contributed by atoms with Crippen LogP contribution in [0.3, 0.4) is 0 Å². The van der Waals surface area contributed by atoms with Gasteiger partial charge in [-0.3, -0.25) is 4.98 Å². The van der Waals surface area contributed by atoms with Gasteiger partial charge in [0.05, 0.1) is 5.69 Å². The third kappa shape index (κ3) is 3.35. The Bertz CT molecular complexity index is 453. The third-order valence-corrected chi connectivity index (χ3v) is 3.69. The number of hydrogen-bond donors (Lipinski definition) is 1. The number of nitrogens with one attached hydrogen (secondary N) is 1. The quantitative estimate of drug-likeness (QED) is 0.882. The van der Waals surface area contributed by atoms with E-state index in [2.05, 4.69) is 29.1 Å². The van der Waals surface area contributed by atoms with E-state index in [4.69, 9.17) is 0 Å². The lowest BCUT2D eigenvalue weighted by Crippen LogP contribution is -2.23. The highest BCUT2D eigenvalue weighted by molar-refractivity contribution is 7.14. The molecule has 0 fully saturated rings. The van der Waals surface area contributed by atoms with Crippen LogP contribution in [0.2, 0.25) is 0 Å². The summed E-state index contributed by atoms with van der Waals surface area (Å²) in [5.41, 5.74) is 0.951. The molecule has 3 nitrogen and oxygen atoms in total. The molecule has 0 aliphatic rings. The molecule has 0 radical (unpaired) electrons. The van der Waals surface area contributed by atoms with Crippen molar-refractivity contribution in [1.82, 2.24) is 15.3 Å². The Hall–Kier alpha value is -1.26. The fourth-order valence-corrected chi connectivity index (χ4v) is 2.26. The van der Waals surface area contributed by atoms with Crippen molar-refractivity contribution in [2.75, 3.05) is 0 Å². The van der Waals surface area contributed by atoms with Gasteiger partial charge in [-0.25, -0.2) is 4.98 Å². The molecule has 0 saturated heterocycles. The highest BCUT2D eigenvalue weighted by Crippen LogP contribution is 2.22. The van der Waals surface area contributed by atoms with Crippen LogP contribution in [-0.4, -0.2) is 16.0 Å². The van der Waals surface area contributed by atoms with Crippen LogP contribution >= 0.6 is 11.3 Å². The molecule has 2 heterocycles. The first-order chi connectivity index (χ1) is 8.29. The van der Waals surface area contributed by atoms with Crippen molar-refractivity contribution < 1.29 is 0 Å². The van der Waals surface area contributed by atoms with Gasteiger partial charge in [0.15, 0.2) is 0 Å². The molecule has 0 spiro atoms. The summed E-state index contributed by atoms with van der Waals surface area (Å²) >= 11 is 1.70. The second-order valence-corrected chi connectivity index (χ2v) is 5.15. The Labute approximate surface area is 106 Å². The summed E-state index contributed by atoms with van der Waals surface area (Å²) < 4.78 is 0. The van der Waals surface area contributed by atoms with Gasteiger partial charge in [0.1, 0.15) is 5.01 Å². The lowest BCUT2D eigenvalue weighted by Gasteiger charge is -2.08. The van der Waals surface area contributed by atoms with Crippen molar-refractivity contribution in [1.29, 1.82) is 0 Å². The molecule has 0 aliphatic heterocycles. The molecule has 0 bridgehead atoms. The molecule has 0 saturated carbocycles. The first-order valence-corrected chi connectivity index (χ1v) is 6.70. The number of pyridine rings is 1. The second kappa shape index (κ2) is 5.89. The SMILES string of the molecule is CCC(C)NCc1cnc(-c2ccccn2)s1. The van der Waals surface area contributed by atoms with Crippen molar-refractivity contribution in [2.45, 2.75) is 32.9 Å². The molecule has 2 aromatic heterocycles. The summed E-state index contributed by atoms with van der Waals surface area (Å²) in [5, 5.41) is 4.46. The molecule has 2 aromatic rings. The average Bonchev–Trinajstić information content (AvgIpc) is 2.86. The molecule has 2 rings (SSSR count). The van der Waals surface area contributed by atoms with Crippen LogP contribution in [-0.2, 0) is 6.54 Å². The Morgan fingerprint density at radius 3 is 2.94 bits per heavy atom. The minimum absolute atomic E-state index is 0.551. The van der Waals surface area contributed by atoms with Gasteiger partial charge in [0.2, 0.25) is 0 Å². The molecule has 1 atom stereocenters. The van der Waals surface area contributed by atoms with Crippen molar-refractivity contribution in [3.63, 3.8) is 0 Å². The summed E-state index contributed by atoms with van der Waals surface area (Å²) in [5.74, 6) is 0. The average molecular weight is 247 g/mol. The molecular formula is C13H17N3S. The van der Waals surface area contributed by atoms with E-state index in [1.54, 1.807) is 17.5 Å². The van der Waals surface area contributed by atoms with Crippen LogP contribution in [0.4, 0.5) is 0 Å². The van der Waals surface area contributed by atoms with Crippen molar-refractivity contribution >= 4 is 11.3 Å². The van der Waals surface area contributed by atoms with E-state index in [1.165, 1.54) is 4.88 Å². The molecular weight excluding hydrogens is 230 g/mol. The maximum absolute atomic E-state index is 4.41. The molecule has 17 heavy (non-hydrogen) atoms. The fraction of sp³-hybridized carbons (Fsp3) is 0.385. The summed E-state index contributed by atoms with van der Waals surface area (Å²) in [6, 6.07) is 6.45. The van der Waals surface area contributed by atoms with Crippen LogP contribution in [0.25, 0.3) is 10.7 Å². The first-order valence-electron chi connectivity index (χ1n) is 5.89. The zero-order valence-electron chi connectivity index (χ0n) is 10.2. The number of aromatic nitrogens is 2. The molecule has 4 heteroatoms. The van der Waals surface area contributed by atoms with Crippen molar-refractivity contribution in [2.24, 2.45) is 0 Å². The minimum atomic E-state index is 0.551. The number of thiazole rings is 1. The summed E-state index contributed by atoms with van der Waals surface area (Å²) in [6.07, 6.45) is 4.88. The summed E-state index contributed by atoms with van der Waals surface area (Å²) in [4.78, 5) is 9.96. The first kappa shape index (κ1) is 12.2. The summed E-state index contributed by atoms with van der Waals surface area (Å²) in [6.45, 7) is 5.27. The van der Waals surface area contributed by atoms with E-state index < -0.39 is 0 Å². The Morgan fingerprint density at radius 2 is 2.24 bits per heavy atom. The number of rotatable bonds is 5. The van der Waals surface area contributed by atoms with Gasteiger partial charge in [-0.1, -0.05) is 13.0 Å². The zero-order chi connectivity index (χ0) is 12.1. The fourth-order valence-electron chi connectivity index (χ4n) is 1.42. The Balaban J connectivity index is 2.01. The van der Waals surface area contributed by atoms with E-state index in [9.17, 15) is 0 Å². The monoisotopic (exact) mass is 247 g/mol. The maximum atomic E-state index is 4.41. The van der Waals surface area contributed by atoms with Gasteiger partial charge in [-0.05, 0) is 25.5 Å². The zero-order valence-corrected chi connectivity index (χ0v) is 11.0. The highest BCUT2D eigenvalue weighted by atomic mass is 32.1. The maximum Gasteiger partial charge on any atom is 0.142 e. The summed E-state index contributed by atoms with van der Waals surface area (Å²) in [7, 11) is 0. The largest absolute Gasteiger partial charge is 0.309 e. The molecule has 0 aromatic carbocycles. The smallest absolute Gasteiger partial charge is 0.142 e.